The molecule has 0 atom stereocenters. The van der Waals surface area contributed by atoms with E-state index in [1.54, 1.807) is 36.4 Å². The summed E-state index contributed by atoms with van der Waals surface area (Å²) < 4.78 is 1.21. The number of fused-ring (bicyclic) bond motifs is 1. The third-order valence-corrected chi connectivity index (χ3v) is 3.65. The zero-order valence-corrected chi connectivity index (χ0v) is 14.1. The smallest absolute Gasteiger partial charge is 0.261 e. The number of hydrogen-bond donors (Lipinski definition) is 2. The lowest BCUT2D eigenvalue weighted by atomic mass is 10.2. The second-order valence-electron chi connectivity index (χ2n) is 5.68. The average molecular weight is 351 g/mol. The number of para-hydroxylation sites is 1. The Morgan fingerprint density at radius 3 is 2.69 bits per heavy atom. The van der Waals surface area contributed by atoms with E-state index in [1.165, 1.54) is 10.9 Å². The summed E-state index contributed by atoms with van der Waals surface area (Å²) >= 11 is 0. The van der Waals surface area contributed by atoms with Gasteiger partial charge in [0.05, 0.1) is 23.8 Å². The zero-order chi connectivity index (χ0) is 18.5. The van der Waals surface area contributed by atoms with Gasteiger partial charge in [0.15, 0.2) is 0 Å². The summed E-state index contributed by atoms with van der Waals surface area (Å²) in [4.78, 5) is 44.5. The van der Waals surface area contributed by atoms with Crippen LogP contribution in [0.1, 0.15) is 5.69 Å². The fraction of sp³-hybridized carbons (Fsp3) is 0.167. The standard InChI is InChI=1S/C18H17N5O3/c1-12-5-4-8-15(21-12)22-16(24)9-19-17(25)10-23-11-20-14-7-3-2-6-13(14)18(23)26/h2-8,11H,9-10H2,1H3,(H,19,25)(H,21,22,24). The summed E-state index contributed by atoms with van der Waals surface area (Å²) in [7, 11) is 0. The van der Waals surface area contributed by atoms with Gasteiger partial charge in [-0.05, 0) is 31.2 Å². The number of carbonyl (C=O) groups excluding carboxylic acids is 2. The molecule has 2 amide bonds. The maximum atomic E-state index is 12.3. The van der Waals surface area contributed by atoms with Crippen LogP contribution in [0.2, 0.25) is 0 Å². The van der Waals surface area contributed by atoms with Crippen LogP contribution >= 0.6 is 0 Å². The van der Waals surface area contributed by atoms with Crippen molar-refractivity contribution in [3.63, 3.8) is 0 Å². The van der Waals surface area contributed by atoms with E-state index in [9.17, 15) is 14.4 Å². The molecule has 8 nitrogen and oxygen atoms in total. The summed E-state index contributed by atoms with van der Waals surface area (Å²) in [5.74, 6) is -0.448. The zero-order valence-electron chi connectivity index (χ0n) is 14.1. The fourth-order valence-electron chi connectivity index (χ4n) is 2.41. The Balaban J connectivity index is 1.58. The highest BCUT2D eigenvalue weighted by atomic mass is 16.2. The van der Waals surface area contributed by atoms with Crippen molar-refractivity contribution in [2.24, 2.45) is 0 Å². The highest BCUT2D eigenvalue weighted by Crippen LogP contribution is 2.05. The quantitative estimate of drug-likeness (QED) is 0.709. The third-order valence-electron chi connectivity index (χ3n) is 3.65. The van der Waals surface area contributed by atoms with Crippen LogP contribution in [0, 0.1) is 6.92 Å². The molecule has 3 aromatic rings. The van der Waals surface area contributed by atoms with E-state index >= 15 is 0 Å². The summed E-state index contributed by atoms with van der Waals surface area (Å²) in [5, 5.41) is 5.50. The van der Waals surface area contributed by atoms with Crippen molar-refractivity contribution in [2.75, 3.05) is 11.9 Å². The fourth-order valence-corrected chi connectivity index (χ4v) is 2.41. The number of amides is 2. The summed E-state index contributed by atoms with van der Waals surface area (Å²) in [6.07, 6.45) is 1.32. The first-order chi connectivity index (χ1) is 12.5. The number of aryl methyl sites for hydroxylation is 1. The molecule has 0 bridgehead atoms. The van der Waals surface area contributed by atoms with Gasteiger partial charge in [-0.3, -0.25) is 19.0 Å². The highest BCUT2D eigenvalue weighted by Gasteiger charge is 2.10. The van der Waals surface area contributed by atoms with Gasteiger partial charge in [0.2, 0.25) is 11.8 Å². The van der Waals surface area contributed by atoms with Crippen LogP contribution in [0.25, 0.3) is 10.9 Å². The van der Waals surface area contributed by atoms with Gasteiger partial charge in [0.1, 0.15) is 12.4 Å². The van der Waals surface area contributed by atoms with Crippen molar-refractivity contribution >= 4 is 28.5 Å². The van der Waals surface area contributed by atoms with E-state index in [0.717, 1.165) is 5.69 Å². The predicted octanol–water partition coefficient (Wildman–Crippen LogP) is 0.855. The number of nitrogens with zero attached hydrogens (tertiary/aromatic N) is 3. The van der Waals surface area contributed by atoms with Gasteiger partial charge in [-0.25, -0.2) is 9.97 Å². The molecule has 0 aliphatic rings. The molecule has 2 heterocycles. The van der Waals surface area contributed by atoms with Crippen molar-refractivity contribution in [3.05, 3.63) is 64.8 Å². The molecule has 0 radical (unpaired) electrons. The van der Waals surface area contributed by atoms with Gasteiger partial charge >= 0.3 is 0 Å². The molecule has 0 saturated heterocycles. The Kier molecular flexibility index (Phi) is 5.02. The Hall–Kier alpha value is -3.55. The molecule has 0 fully saturated rings. The van der Waals surface area contributed by atoms with Crippen molar-refractivity contribution in [1.29, 1.82) is 0 Å². The Morgan fingerprint density at radius 1 is 1.08 bits per heavy atom. The number of hydrogen-bond acceptors (Lipinski definition) is 5. The number of carbonyl (C=O) groups is 2. The molecule has 132 valence electrons. The largest absolute Gasteiger partial charge is 0.345 e. The molecule has 0 aliphatic carbocycles. The van der Waals surface area contributed by atoms with Crippen LogP contribution in [-0.2, 0) is 16.1 Å². The van der Waals surface area contributed by atoms with Crippen molar-refractivity contribution in [2.45, 2.75) is 13.5 Å². The van der Waals surface area contributed by atoms with E-state index in [2.05, 4.69) is 20.6 Å². The first-order valence-electron chi connectivity index (χ1n) is 7.97. The SMILES string of the molecule is Cc1cccc(NC(=O)CNC(=O)Cn2cnc3ccccc3c2=O)n1. The molecule has 0 spiro atoms. The molecule has 26 heavy (non-hydrogen) atoms. The van der Waals surface area contributed by atoms with Crippen LogP contribution in [0.3, 0.4) is 0 Å². The van der Waals surface area contributed by atoms with Crippen LogP contribution in [0.15, 0.2) is 53.6 Å². The average Bonchev–Trinajstić information content (AvgIpc) is 2.63. The lowest BCUT2D eigenvalue weighted by Gasteiger charge is -2.08. The van der Waals surface area contributed by atoms with Crippen molar-refractivity contribution < 1.29 is 9.59 Å². The predicted molar refractivity (Wildman–Crippen MR) is 96.6 cm³/mol. The Labute approximate surface area is 148 Å². The van der Waals surface area contributed by atoms with Gasteiger partial charge < -0.3 is 10.6 Å². The highest BCUT2D eigenvalue weighted by molar-refractivity contribution is 5.93. The maximum Gasteiger partial charge on any atom is 0.261 e. The van der Waals surface area contributed by atoms with Crippen molar-refractivity contribution in [3.8, 4) is 0 Å². The summed E-state index contributed by atoms with van der Waals surface area (Å²) in [6, 6.07) is 12.1. The van der Waals surface area contributed by atoms with Crippen LogP contribution in [0.5, 0.6) is 0 Å². The third kappa shape index (κ3) is 4.10. The van der Waals surface area contributed by atoms with Gasteiger partial charge in [-0.2, -0.15) is 0 Å². The first-order valence-corrected chi connectivity index (χ1v) is 7.97. The normalized spacial score (nSPS) is 10.5. The van der Waals surface area contributed by atoms with Crippen LogP contribution < -0.4 is 16.2 Å². The molecule has 2 aromatic heterocycles. The van der Waals surface area contributed by atoms with E-state index < -0.39 is 11.8 Å². The van der Waals surface area contributed by atoms with Crippen molar-refractivity contribution in [1.82, 2.24) is 19.9 Å². The Morgan fingerprint density at radius 2 is 1.88 bits per heavy atom. The molecule has 0 unspecified atom stereocenters. The minimum absolute atomic E-state index is 0.216. The number of pyridine rings is 1. The molecular weight excluding hydrogens is 334 g/mol. The van der Waals surface area contributed by atoms with E-state index in [4.69, 9.17) is 0 Å². The van der Waals surface area contributed by atoms with E-state index in [1.807, 2.05) is 13.0 Å². The second-order valence-corrected chi connectivity index (χ2v) is 5.68. The number of rotatable bonds is 5. The first kappa shape index (κ1) is 17.3. The molecule has 0 saturated carbocycles. The van der Waals surface area contributed by atoms with Gasteiger partial charge in [0, 0.05) is 5.69 Å². The molecule has 3 rings (SSSR count). The molecular formula is C18H17N5O3. The van der Waals surface area contributed by atoms with E-state index in [0.29, 0.717) is 16.7 Å². The number of benzene rings is 1. The van der Waals surface area contributed by atoms with E-state index in [-0.39, 0.29) is 18.6 Å². The monoisotopic (exact) mass is 351 g/mol. The molecule has 0 aliphatic heterocycles. The number of nitrogens with one attached hydrogen (secondary N) is 2. The van der Waals surface area contributed by atoms with Crippen LogP contribution in [0.4, 0.5) is 5.82 Å². The lowest BCUT2D eigenvalue weighted by molar-refractivity contribution is -0.124. The number of anilines is 1. The lowest BCUT2D eigenvalue weighted by Crippen LogP contribution is -2.37. The van der Waals surface area contributed by atoms with Gasteiger partial charge in [-0.1, -0.05) is 18.2 Å². The topological polar surface area (TPSA) is 106 Å². The summed E-state index contributed by atoms with van der Waals surface area (Å²) in [5.41, 5.74) is 1.04. The summed E-state index contributed by atoms with van der Waals surface area (Å²) in [6.45, 7) is 1.38. The Bertz CT molecular complexity index is 1030. The van der Waals surface area contributed by atoms with Gasteiger partial charge in [0.25, 0.3) is 5.56 Å². The molecule has 2 N–H and O–H groups in total. The minimum atomic E-state index is -0.462. The second kappa shape index (κ2) is 7.56. The van der Waals surface area contributed by atoms with Crippen LogP contribution in [-0.4, -0.2) is 32.9 Å². The maximum absolute atomic E-state index is 12.3. The molecule has 1 aromatic carbocycles. The molecule has 8 heteroatoms. The minimum Gasteiger partial charge on any atom is -0.345 e. The number of aromatic nitrogens is 3. The van der Waals surface area contributed by atoms with Gasteiger partial charge in [-0.15, -0.1) is 0 Å².